The summed E-state index contributed by atoms with van der Waals surface area (Å²) in [4.78, 5) is 11.8. The summed E-state index contributed by atoms with van der Waals surface area (Å²) in [5, 5.41) is 0. The number of benzene rings is 1. The van der Waals surface area contributed by atoms with Gasteiger partial charge in [-0.05, 0) is 52.5 Å². The fourth-order valence-corrected chi connectivity index (χ4v) is 2.25. The van der Waals surface area contributed by atoms with Crippen molar-refractivity contribution < 1.29 is 9.53 Å². The lowest BCUT2D eigenvalue weighted by molar-refractivity contribution is -0.118. The zero-order valence-corrected chi connectivity index (χ0v) is 12.5. The van der Waals surface area contributed by atoms with Gasteiger partial charge in [-0.2, -0.15) is 0 Å². The van der Waals surface area contributed by atoms with Crippen LogP contribution >= 0.6 is 15.9 Å². The largest absolute Gasteiger partial charge is 0.496 e. The Balaban J connectivity index is 2.52. The molecule has 0 heterocycles. The average Bonchev–Trinajstić information content (AvgIpc) is 2.36. The van der Waals surface area contributed by atoms with Gasteiger partial charge in [-0.15, -0.1) is 0 Å². The third-order valence-corrected chi connectivity index (χ3v) is 3.56. The molecule has 0 aliphatic rings. The molecule has 1 unspecified atom stereocenters. The maximum absolute atomic E-state index is 11.8. The maximum Gasteiger partial charge on any atom is 0.137 e. The zero-order valence-electron chi connectivity index (χ0n) is 10.9. The molecule has 0 aliphatic carbocycles. The number of carbonyl (C=O) groups is 1. The molecule has 0 fully saturated rings. The van der Waals surface area contributed by atoms with Crippen LogP contribution in [-0.2, 0) is 11.2 Å². The Kier molecular flexibility index (Phi) is 6.36. The summed E-state index contributed by atoms with van der Waals surface area (Å²) in [5.74, 6) is 1.45. The molecule has 0 aromatic heterocycles. The van der Waals surface area contributed by atoms with E-state index >= 15 is 0 Å². The number of ketones is 1. The molecule has 1 atom stereocenters. The van der Waals surface area contributed by atoms with Crippen molar-refractivity contribution in [1.82, 2.24) is 0 Å². The second kappa shape index (κ2) is 7.54. The first-order valence-electron chi connectivity index (χ1n) is 6.11. The fraction of sp³-hybridized carbons (Fsp3) is 0.500. The number of halogens is 1. The van der Waals surface area contributed by atoms with Gasteiger partial charge >= 0.3 is 0 Å². The summed E-state index contributed by atoms with van der Waals surface area (Å²) in [5.41, 5.74) is 6.54. The molecule has 2 N–H and O–H groups in total. The predicted molar refractivity (Wildman–Crippen MR) is 76.9 cm³/mol. The Labute approximate surface area is 117 Å². The van der Waals surface area contributed by atoms with E-state index in [9.17, 15) is 4.79 Å². The standard InChI is InChI=1S/C14H20BrNO2/c1-10(9-16)3-5-12(17)7-11-4-6-14(18-2)13(15)8-11/h4,6,8,10H,3,5,7,9,16H2,1-2H3. The summed E-state index contributed by atoms with van der Waals surface area (Å²) in [6, 6.07) is 5.73. The predicted octanol–water partition coefficient (Wildman–Crippen LogP) is 2.94. The van der Waals surface area contributed by atoms with Crippen molar-refractivity contribution in [3.05, 3.63) is 28.2 Å². The molecule has 0 spiro atoms. The quantitative estimate of drug-likeness (QED) is 0.842. The molecule has 18 heavy (non-hydrogen) atoms. The van der Waals surface area contributed by atoms with E-state index in [-0.39, 0.29) is 5.78 Å². The number of nitrogens with two attached hydrogens (primary N) is 1. The molecular weight excluding hydrogens is 294 g/mol. The molecule has 0 saturated heterocycles. The molecule has 4 heteroatoms. The fourth-order valence-electron chi connectivity index (χ4n) is 1.66. The van der Waals surface area contributed by atoms with Gasteiger partial charge in [0, 0.05) is 12.8 Å². The smallest absolute Gasteiger partial charge is 0.137 e. The van der Waals surface area contributed by atoms with Crippen LogP contribution in [-0.4, -0.2) is 19.4 Å². The number of hydrogen-bond acceptors (Lipinski definition) is 3. The third kappa shape index (κ3) is 4.78. The molecule has 100 valence electrons. The van der Waals surface area contributed by atoms with E-state index < -0.39 is 0 Å². The van der Waals surface area contributed by atoms with Gasteiger partial charge in [0.25, 0.3) is 0 Å². The topological polar surface area (TPSA) is 52.3 Å². The van der Waals surface area contributed by atoms with Gasteiger partial charge in [0.15, 0.2) is 0 Å². The van der Waals surface area contributed by atoms with E-state index in [1.807, 2.05) is 18.2 Å². The molecule has 0 saturated carbocycles. The minimum absolute atomic E-state index is 0.257. The monoisotopic (exact) mass is 313 g/mol. The number of carbonyl (C=O) groups excluding carboxylic acids is 1. The highest BCUT2D eigenvalue weighted by atomic mass is 79.9. The highest BCUT2D eigenvalue weighted by molar-refractivity contribution is 9.10. The molecule has 0 amide bonds. The van der Waals surface area contributed by atoms with Crippen LogP contribution in [0.4, 0.5) is 0 Å². The number of methoxy groups -OCH3 is 1. The Morgan fingerprint density at radius 1 is 1.50 bits per heavy atom. The van der Waals surface area contributed by atoms with Crippen molar-refractivity contribution in [3.63, 3.8) is 0 Å². The van der Waals surface area contributed by atoms with Crippen molar-refractivity contribution in [1.29, 1.82) is 0 Å². The normalized spacial score (nSPS) is 12.2. The lowest BCUT2D eigenvalue weighted by Gasteiger charge is -2.08. The van der Waals surface area contributed by atoms with E-state index in [4.69, 9.17) is 10.5 Å². The van der Waals surface area contributed by atoms with Gasteiger partial charge in [-0.25, -0.2) is 0 Å². The summed E-state index contributed by atoms with van der Waals surface area (Å²) in [6.45, 7) is 2.71. The van der Waals surface area contributed by atoms with Crippen LogP contribution in [0, 0.1) is 5.92 Å². The summed E-state index contributed by atoms with van der Waals surface area (Å²) in [6.07, 6.45) is 1.94. The van der Waals surface area contributed by atoms with E-state index in [2.05, 4.69) is 22.9 Å². The summed E-state index contributed by atoms with van der Waals surface area (Å²) >= 11 is 3.42. The van der Waals surface area contributed by atoms with Crippen LogP contribution in [0.15, 0.2) is 22.7 Å². The van der Waals surface area contributed by atoms with E-state index in [0.29, 0.717) is 25.3 Å². The summed E-state index contributed by atoms with van der Waals surface area (Å²) in [7, 11) is 1.62. The first kappa shape index (κ1) is 15.2. The highest BCUT2D eigenvalue weighted by Gasteiger charge is 2.08. The van der Waals surface area contributed by atoms with Crippen molar-refractivity contribution in [2.45, 2.75) is 26.2 Å². The van der Waals surface area contributed by atoms with Crippen molar-refractivity contribution in [2.24, 2.45) is 11.7 Å². The molecule has 1 aromatic carbocycles. The van der Waals surface area contributed by atoms with Gasteiger partial charge < -0.3 is 10.5 Å². The van der Waals surface area contributed by atoms with Gasteiger partial charge in [0.1, 0.15) is 11.5 Å². The molecular formula is C14H20BrNO2. The van der Waals surface area contributed by atoms with Gasteiger partial charge in [0.05, 0.1) is 11.6 Å². The first-order valence-corrected chi connectivity index (χ1v) is 6.90. The average molecular weight is 314 g/mol. The Morgan fingerprint density at radius 2 is 2.22 bits per heavy atom. The molecule has 0 bridgehead atoms. The zero-order chi connectivity index (χ0) is 13.5. The van der Waals surface area contributed by atoms with Crippen molar-refractivity contribution in [2.75, 3.05) is 13.7 Å². The van der Waals surface area contributed by atoms with Gasteiger partial charge in [-0.3, -0.25) is 4.79 Å². The second-order valence-electron chi connectivity index (χ2n) is 4.56. The molecule has 0 aliphatic heterocycles. The van der Waals surface area contributed by atoms with E-state index in [0.717, 1.165) is 22.2 Å². The lowest BCUT2D eigenvalue weighted by atomic mass is 10.00. The maximum atomic E-state index is 11.8. The SMILES string of the molecule is COc1ccc(CC(=O)CCC(C)CN)cc1Br. The number of Topliss-reactive ketones (excluding diaryl/α,β-unsaturated/α-hetero) is 1. The van der Waals surface area contributed by atoms with Crippen LogP contribution in [0.2, 0.25) is 0 Å². The van der Waals surface area contributed by atoms with Crippen molar-refractivity contribution >= 4 is 21.7 Å². The first-order chi connectivity index (χ1) is 8.56. The number of ether oxygens (including phenoxy) is 1. The van der Waals surface area contributed by atoms with Crippen LogP contribution in [0.3, 0.4) is 0 Å². The number of hydrogen-bond donors (Lipinski definition) is 1. The summed E-state index contributed by atoms with van der Waals surface area (Å²) < 4.78 is 6.03. The second-order valence-corrected chi connectivity index (χ2v) is 5.42. The van der Waals surface area contributed by atoms with Crippen LogP contribution in [0.25, 0.3) is 0 Å². The number of rotatable bonds is 7. The minimum Gasteiger partial charge on any atom is -0.496 e. The van der Waals surface area contributed by atoms with E-state index in [1.165, 1.54) is 0 Å². The van der Waals surface area contributed by atoms with Gasteiger partial charge in [0.2, 0.25) is 0 Å². The molecule has 3 nitrogen and oxygen atoms in total. The molecule has 1 rings (SSSR count). The van der Waals surface area contributed by atoms with Crippen LogP contribution in [0.5, 0.6) is 5.75 Å². The van der Waals surface area contributed by atoms with Crippen LogP contribution < -0.4 is 10.5 Å². The van der Waals surface area contributed by atoms with E-state index in [1.54, 1.807) is 7.11 Å². The highest BCUT2D eigenvalue weighted by Crippen LogP contribution is 2.25. The minimum atomic E-state index is 0.257. The Hall–Kier alpha value is -0.870. The molecule has 0 radical (unpaired) electrons. The third-order valence-electron chi connectivity index (χ3n) is 2.94. The Bertz CT molecular complexity index is 407. The Morgan fingerprint density at radius 3 is 2.78 bits per heavy atom. The van der Waals surface area contributed by atoms with Crippen molar-refractivity contribution in [3.8, 4) is 5.75 Å². The van der Waals surface area contributed by atoms with Gasteiger partial charge in [-0.1, -0.05) is 13.0 Å². The van der Waals surface area contributed by atoms with Crippen LogP contribution in [0.1, 0.15) is 25.3 Å². The lowest BCUT2D eigenvalue weighted by Crippen LogP contribution is -2.13. The molecule has 1 aromatic rings.